The first-order valence-corrected chi connectivity index (χ1v) is 38.1. The topological polar surface area (TPSA) is 102 Å². The molecule has 0 aliphatic carbocycles. The van der Waals surface area contributed by atoms with E-state index >= 15 is 0 Å². The Labute approximate surface area is 647 Å². The molecular formula is C102H63N11. The zero-order valence-electron chi connectivity index (χ0n) is 60.8. The summed E-state index contributed by atoms with van der Waals surface area (Å²) in [6, 6.07) is 136. The molecule has 0 radical (unpaired) electrons. The number of rotatable bonds is 12. The van der Waals surface area contributed by atoms with E-state index in [0.29, 0.717) is 34.9 Å². The predicted octanol–water partition coefficient (Wildman–Crippen LogP) is 25.2. The fourth-order valence-electron chi connectivity index (χ4n) is 17.5. The molecule has 0 atom stereocenters. The van der Waals surface area contributed by atoms with E-state index in [9.17, 15) is 0 Å². The van der Waals surface area contributed by atoms with E-state index in [1.165, 1.54) is 54.4 Å². The zero-order chi connectivity index (χ0) is 74.2. The van der Waals surface area contributed by atoms with Crippen LogP contribution >= 0.6 is 0 Å². The monoisotopic (exact) mass is 1440 g/mol. The molecule has 7 aromatic heterocycles. The average molecular weight is 1440 g/mol. The maximum absolute atomic E-state index is 5.39. The van der Waals surface area contributed by atoms with E-state index < -0.39 is 0 Å². The average Bonchev–Trinajstić information content (AvgIpc) is 1.55. The van der Waals surface area contributed by atoms with Crippen molar-refractivity contribution in [3.63, 3.8) is 0 Å². The summed E-state index contributed by atoms with van der Waals surface area (Å²) in [5.74, 6) is 3.49. The molecule has 0 amide bonds. The molecule has 0 aliphatic rings. The summed E-state index contributed by atoms with van der Waals surface area (Å²) in [4.78, 5) is 31.7. The number of hydrogen-bond donors (Lipinski definition) is 0. The Hall–Kier alpha value is -15.5. The largest absolute Gasteiger partial charge is 0.309 e. The fourth-order valence-corrected chi connectivity index (χ4v) is 17.5. The molecule has 23 rings (SSSR count). The molecule has 0 fully saturated rings. The number of nitrogens with zero attached hydrogens (tertiary/aromatic N) is 11. The highest BCUT2D eigenvalue weighted by molar-refractivity contribution is 6.16. The number of benzene rings is 16. The highest BCUT2D eigenvalue weighted by Crippen LogP contribution is 2.44. The van der Waals surface area contributed by atoms with Gasteiger partial charge in [-0.05, 0) is 151 Å². The summed E-state index contributed by atoms with van der Waals surface area (Å²) in [6.45, 7) is 0. The Kier molecular flexibility index (Phi) is 14.4. The second-order valence-corrected chi connectivity index (χ2v) is 29.0. The highest BCUT2D eigenvalue weighted by Gasteiger charge is 2.24. The van der Waals surface area contributed by atoms with Crippen molar-refractivity contribution >= 4 is 109 Å². The quantitative estimate of drug-likeness (QED) is 0.121. The van der Waals surface area contributed by atoms with E-state index in [1.807, 2.05) is 54.6 Å². The van der Waals surface area contributed by atoms with Crippen LogP contribution in [0.2, 0.25) is 0 Å². The summed E-state index contributed by atoms with van der Waals surface area (Å²) in [5.41, 5.74) is 23.7. The lowest BCUT2D eigenvalue weighted by Crippen LogP contribution is -2.03. The van der Waals surface area contributed by atoms with Crippen molar-refractivity contribution < 1.29 is 0 Å². The van der Waals surface area contributed by atoms with Gasteiger partial charge in [-0.15, -0.1) is 0 Å². The van der Waals surface area contributed by atoms with Gasteiger partial charge >= 0.3 is 0 Å². The Morgan fingerprint density at radius 2 is 0.363 bits per heavy atom. The molecule has 0 N–H and O–H groups in total. The van der Waals surface area contributed by atoms with Crippen molar-refractivity contribution in [1.82, 2.24) is 52.7 Å². The van der Waals surface area contributed by atoms with Crippen LogP contribution in [0, 0.1) is 0 Å². The molecular weight excluding hydrogens is 1380 g/mol. The van der Waals surface area contributed by atoms with Crippen molar-refractivity contribution in [2.45, 2.75) is 0 Å². The van der Waals surface area contributed by atoms with Gasteiger partial charge in [0.15, 0.2) is 34.9 Å². The summed E-state index contributed by atoms with van der Waals surface area (Å²) < 4.78 is 12.0. The van der Waals surface area contributed by atoms with Crippen molar-refractivity contribution in [3.05, 3.63) is 382 Å². The van der Waals surface area contributed by atoms with Gasteiger partial charge in [-0.3, -0.25) is 0 Å². The minimum absolute atomic E-state index is 0.567. The molecule has 11 heteroatoms. The number of aromatic nitrogens is 11. The molecule has 0 spiro atoms. The number of para-hydroxylation sites is 7. The Morgan fingerprint density at radius 3 is 0.743 bits per heavy atom. The zero-order valence-corrected chi connectivity index (χ0v) is 60.8. The molecule has 23 aromatic rings. The van der Waals surface area contributed by atoms with Crippen LogP contribution in [-0.4, -0.2) is 52.7 Å². The van der Waals surface area contributed by atoms with Gasteiger partial charge in [0.25, 0.3) is 0 Å². The SMILES string of the molecule is c1ccc(-c2nc(-c3ccc(-n4c5ccc(-n6c7ccccc7c7ccccc76)cc5c5cc(-n6c7ccccc7c7ccccc76)ccc54)cc3)nc(-c3cccc(-c4ccc5c(c4)c4ccccc4n5-c4cc(-c5nc(-c6ccccc6)nc(-c6ccccc6)n5)cc(-n5c6ccccc6c6ccccc65)c4)c3)n2)cc1. The summed E-state index contributed by atoms with van der Waals surface area (Å²) in [6.07, 6.45) is 0. The van der Waals surface area contributed by atoms with Gasteiger partial charge in [-0.25, -0.2) is 29.9 Å². The Balaban J connectivity index is 0.643. The van der Waals surface area contributed by atoms with Crippen LogP contribution in [0.3, 0.4) is 0 Å². The lowest BCUT2D eigenvalue weighted by Gasteiger charge is -2.16. The van der Waals surface area contributed by atoms with E-state index in [2.05, 4.69) is 350 Å². The molecule has 16 aromatic carbocycles. The Bertz CT molecular complexity index is 7410. The van der Waals surface area contributed by atoms with E-state index in [-0.39, 0.29) is 0 Å². The van der Waals surface area contributed by atoms with E-state index in [0.717, 1.165) is 128 Å². The van der Waals surface area contributed by atoms with E-state index in [4.69, 9.17) is 29.9 Å². The molecule has 0 unspecified atom stereocenters. The first kappa shape index (κ1) is 63.6. The Morgan fingerprint density at radius 1 is 0.124 bits per heavy atom. The minimum atomic E-state index is 0.567. The molecule has 113 heavy (non-hydrogen) atoms. The van der Waals surface area contributed by atoms with Crippen LogP contribution in [0.1, 0.15) is 0 Å². The molecule has 7 heterocycles. The highest BCUT2D eigenvalue weighted by atomic mass is 15.1. The molecule has 0 bridgehead atoms. The number of fused-ring (bicyclic) bond motifs is 15. The smallest absolute Gasteiger partial charge is 0.164 e. The number of hydrogen-bond acceptors (Lipinski definition) is 6. The summed E-state index contributed by atoms with van der Waals surface area (Å²) >= 11 is 0. The standard InChI is InChI=1S/C102H63N11/c1-4-25-64(26-5-1)97-104-100(67-47-50-72(51-48-67)109-95-55-52-73(110-87-40-17-10-33-77(87)78-34-11-18-41-88(78)110)62-85(95)86-63-74(53-56-96(86)109)111-89-42-19-12-35-79(89)80-36-13-20-43-90(80)111)106-101(105-97)70-32-24-31-68(57-70)69-49-54-94-84(60-69)83-39-16-23-46-93(83)113(94)76-59-71(58-75(61-76)112-91-44-21-14-37-81(91)82-38-15-22-45-92(82)112)102-107-98(65-27-6-2-7-28-65)103-99(108-102)66-29-8-3-9-30-66/h1-63H. The van der Waals surface area contributed by atoms with Crippen molar-refractivity contribution in [2.24, 2.45) is 0 Å². The van der Waals surface area contributed by atoms with E-state index in [1.54, 1.807) is 0 Å². The first-order chi connectivity index (χ1) is 56.0. The van der Waals surface area contributed by atoms with Crippen LogP contribution in [0.15, 0.2) is 382 Å². The third kappa shape index (κ3) is 10.4. The molecule has 0 saturated carbocycles. The maximum atomic E-state index is 5.39. The predicted molar refractivity (Wildman–Crippen MR) is 463 cm³/mol. The fraction of sp³-hybridized carbons (Fsp3) is 0. The molecule has 526 valence electrons. The minimum Gasteiger partial charge on any atom is -0.309 e. The lowest BCUT2D eigenvalue weighted by molar-refractivity contribution is 1.07. The third-order valence-corrected chi connectivity index (χ3v) is 22.5. The molecule has 0 aliphatic heterocycles. The van der Waals surface area contributed by atoms with Gasteiger partial charge in [0.2, 0.25) is 0 Å². The van der Waals surface area contributed by atoms with Gasteiger partial charge in [0, 0.05) is 116 Å². The van der Waals surface area contributed by atoms with Gasteiger partial charge in [-0.2, -0.15) is 0 Å². The van der Waals surface area contributed by atoms with Crippen LogP contribution in [0.5, 0.6) is 0 Å². The third-order valence-electron chi connectivity index (χ3n) is 22.5. The van der Waals surface area contributed by atoms with Gasteiger partial charge in [-0.1, -0.05) is 243 Å². The van der Waals surface area contributed by atoms with Crippen LogP contribution in [-0.2, 0) is 0 Å². The second kappa shape index (κ2) is 25.6. The lowest BCUT2D eigenvalue weighted by atomic mass is 10.0. The van der Waals surface area contributed by atoms with Crippen LogP contribution in [0.25, 0.3) is 217 Å². The van der Waals surface area contributed by atoms with Gasteiger partial charge < -0.3 is 22.8 Å². The van der Waals surface area contributed by atoms with Crippen LogP contribution in [0.4, 0.5) is 0 Å². The second-order valence-electron chi connectivity index (χ2n) is 29.0. The van der Waals surface area contributed by atoms with Crippen LogP contribution < -0.4 is 0 Å². The van der Waals surface area contributed by atoms with Gasteiger partial charge in [0.05, 0.1) is 55.2 Å². The molecule has 0 saturated heterocycles. The van der Waals surface area contributed by atoms with Gasteiger partial charge in [0.1, 0.15) is 0 Å². The molecule has 11 nitrogen and oxygen atoms in total. The van der Waals surface area contributed by atoms with Crippen molar-refractivity contribution in [1.29, 1.82) is 0 Å². The van der Waals surface area contributed by atoms with Crippen molar-refractivity contribution in [3.8, 4) is 108 Å². The summed E-state index contributed by atoms with van der Waals surface area (Å²) in [5, 5.41) is 11.8. The maximum Gasteiger partial charge on any atom is 0.164 e. The normalized spacial score (nSPS) is 11.9. The first-order valence-electron chi connectivity index (χ1n) is 38.1. The van der Waals surface area contributed by atoms with Crippen molar-refractivity contribution in [2.75, 3.05) is 0 Å². The summed E-state index contributed by atoms with van der Waals surface area (Å²) in [7, 11) is 0.